The third kappa shape index (κ3) is 4.37. The van der Waals surface area contributed by atoms with Crippen molar-refractivity contribution < 1.29 is 30.8 Å². The Hall–Kier alpha value is -1.72. The van der Waals surface area contributed by atoms with Gasteiger partial charge in [-0.05, 0) is 25.1 Å². The average Bonchev–Trinajstić information content (AvgIpc) is 2.34. The van der Waals surface area contributed by atoms with Crippen molar-refractivity contribution in [2.75, 3.05) is 11.8 Å². The van der Waals surface area contributed by atoms with Gasteiger partial charge < -0.3 is 4.74 Å². The summed E-state index contributed by atoms with van der Waals surface area (Å²) in [4.78, 5) is 10.6. The van der Waals surface area contributed by atoms with E-state index in [9.17, 15) is 26.0 Å². The van der Waals surface area contributed by atoms with E-state index in [1.807, 2.05) is 4.72 Å². The summed E-state index contributed by atoms with van der Waals surface area (Å²) in [5, 5.41) is 3.28. The van der Waals surface area contributed by atoms with Gasteiger partial charge in [-0.3, -0.25) is 9.52 Å². The van der Waals surface area contributed by atoms with E-state index in [1.165, 1.54) is 0 Å². The number of rotatable bonds is 5. The number of hydrogen-bond acceptors (Lipinski definition) is 6. The molecule has 0 amide bonds. The molecule has 1 rings (SSSR count). The summed E-state index contributed by atoms with van der Waals surface area (Å²) in [5.74, 6) is -2.03. The molecule has 1 aromatic carbocycles. The maximum atomic E-state index is 13.3. The molecule has 1 aromatic rings. The largest absolute Gasteiger partial charge is 0.468 e. The number of anilines is 1. The van der Waals surface area contributed by atoms with Gasteiger partial charge in [0.2, 0.25) is 20.0 Å². The van der Waals surface area contributed by atoms with Gasteiger partial charge in [-0.15, -0.1) is 0 Å². The van der Waals surface area contributed by atoms with E-state index in [0.29, 0.717) is 6.07 Å². The van der Waals surface area contributed by atoms with E-state index in [2.05, 4.69) is 4.74 Å². The molecule has 21 heavy (non-hydrogen) atoms. The van der Waals surface area contributed by atoms with Gasteiger partial charge in [0, 0.05) is 0 Å². The zero-order chi connectivity index (χ0) is 16.4. The molecule has 3 N–H and O–H groups in total. The minimum atomic E-state index is -4.23. The highest BCUT2D eigenvalue weighted by Crippen LogP contribution is 2.19. The second-order valence-electron chi connectivity index (χ2n) is 4.03. The first kappa shape index (κ1) is 17.3. The Morgan fingerprint density at radius 3 is 2.33 bits per heavy atom. The maximum absolute atomic E-state index is 13.3. The minimum absolute atomic E-state index is 0.380. The number of nitrogens with one attached hydrogen (secondary N) is 1. The monoisotopic (exact) mass is 340 g/mol. The predicted molar refractivity (Wildman–Crippen MR) is 71.8 cm³/mol. The molecule has 0 saturated heterocycles. The number of sulfonamides is 2. The summed E-state index contributed by atoms with van der Waals surface area (Å²) in [5.41, 5.74) is -0.380. The molecule has 8 nitrogen and oxygen atoms in total. The number of halogens is 1. The van der Waals surface area contributed by atoms with Crippen LogP contribution >= 0.6 is 0 Å². The van der Waals surface area contributed by atoms with E-state index >= 15 is 0 Å². The smallest absolute Gasteiger partial charge is 0.325 e. The van der Waals surface area contributed by atoms with Crippen molar-refractivity contribution in [3.63, 3.8) is 0 Å². The molecule has 118 valence electrons. The number of primary sulfonamides is 1. The second-order valence-corrected chi connectivity index (χ2v) is 7.60. The molecule has 1 unspecified atom stereocenters. The zero-order valence-corrected chi connectivity index (χ0v) is 12.7. The molecule has 0 heterocycles. The number of esters is 1. The van der Waals surface area contributed by atoms with Crippen LogP contribution in [0.2, 0.25) is 0 Å². The van der Waals surface area contributed by atoms with Gasteiger partial charge >= 0.3 is 5.97 Å². The number of carbonyl (C=O) groups is 1. The van der Waals surface area contributed by atoms with Gasteiger partial charge in [-0.2, -0.15) is 0 Å². The maximum Gasteiger partial charge on any atom is 0.325 e. The molecule has 0 aromatic heterocycles. The lowest BCUT2D eigenvalue weighted by Crippen LogP contribution is -2.33. The summed E-state index contributed by atoms with van der Waals surface area (Å²) in [6.07, 6.45) is 0. The number of ether oxygens (including phenoxy) is 1. The van der Waals surface area contributed by atoms with E-state index in [1.54, 1.807) is 0 Å². The summed E-state index contributed by atoms with van der Waals surface area (Å²) >= 11 is 0. The SMILES string of the molecule is COC(=O)C(C)S(=O)(=O)Nc1cc(F)cc(S(N)(=O)=O)c1. The Morgan fingerprint density at radius 2 is 1.86 bits per heavy atom. The van der Waals surface area contributed by atoms with Crippen LogP contribution in [0.5, 0.6) is 0 Å². The van der Waals surface area contributed by atoms with Crippen molar-refractivity contribution in [1.29, 1.82) is 0 Å². The Bertz CT molecular complexity index is 760. The van der Waals surface area contributed by atoms with Crippen LogP contribution in [-0.2, 0) is 29.6 Å². The van der Waals surface area contributed by atoms with Gasteiger partial charge in [-0.1, -0.05) is 0 Å². The molecule has 0 aliphatic rings. The lowest BCUT2D eigenvalue weighted by molar-refractivity contribution is -0.139. The molecule has 0 aliphatic carbocycles. The zero-order valence-electron chi connectivity index (χ0n) is 11.0. The molecule has 0 radical (unpaired) electrons. The van der Waals surface area contributed by atoms with Gasteiger partial charge in [0.15, 0.2) is 5.25 Å². The highest BCUT2D eigenvalue weighted by molar-refractivity contribution is 7.94. The Kier molecular flexibility index (Phi) is 4.91. The van der Waals surface area contributed by atoms with Crippen molar-refractivity contribution in [3.8, 4) is 0 Å². The van der Waals surface area contributed by atoms with Gasteiger partial charge in [0.05, 0.1) is 17.7 Å². The van der Waals surface area contributed by atoms with Crippen LogP contribution in [0.1, 0.15) is 6.92 Å². The van der Waals surface area contributed by atoms with Crippen LogP contribution in [0.3, 0.4) is 0 Å². The van der Waals surface area contributed by atoms with E-state index < -0.39 is 42.0 Å². The predicted octanol–water partition coefficient (Wildman–Crippen LogP) is -0.224. The molecule has 0 saturated carbocycles. The molecular weight excluding hydrogens is 327 g/mol. The van der Waals surface area contributed by atoms with Crippen LogP contribution < -0.4 is 9.86 Å². The lowest BCUT2D eigenvalue weighted by Gasteiger charge is -2.13. The second kappa shape index (κ2) is 5.95. The molecular formula is C10H13FN2O6S2. The van der Waals surface area contributed by atoms with E-state index in [4.69, 9.17) is 5.14 Å². The first-order valence-electron chi connectivity index (χ1n) is 5.40. The molecule has 1 atom stereocenters. The van der Waals surface area contributed by atoms with Crippen LogP contribution in [0.15, 0.2) is 23.1 Å². The van der Waals surface area contributed by atoms with Crippen molar-refractivity contribution in [2.24, 2.45) is 5.14 Å². The number of hydrogen-bond donors (Lipinski definition) is 2. The topological polar surface area (TPSA) is 133 Å². The van der Waals surface area contributed by atoms with Crippen molar-refractivity contribution in [2.45, 2.75) is 17.1 Å². The normalized spacial score (nSPS) is 13.5. The van der Waals surface area contributed by atoms with Crippen molar-refractivity contribution >= 4 is 31.7 Å². The summed E-state index contributed by atoms with van der Waals surface area (Å²) in [6.45, 7) is 1.06. The standard InChI is InChI=1S/C10H13FN2O6S2/c1-6(10(14)19-2)21(17,18)13-8-3-7(11)4-9(5-8)20(12,15)16/h3-6,13H,1-2H3,(H2,12,15,16). The van der Waals surface area contributed by atoms with Gasteiger partial charge in [0.25, 0.3) is 0 Å². The lowest BCUT2D eigenvalue weighted by atomic mass is 10.3. The van der Waals surface area contributed by atoms with Crippen LogP contribution in [-0.4, -0.2) is 35.2 Å². The quantitative estimate of drug-likeness (QED) is 0.712. The fourth-order valence-corrected chi connectivity index (χ4v) is 2.87. The molecule has 0 bridgehead atoms. The molecule has 11 heteroatoms. The molecule has 0 fully saturated rings. The van der Waals surface area contributed by atoms with Gasteiger partial charge in [-0.25, -0.2) is 26.4 Å². The average molecular weight is 340 g/mol. The molecule has 0 spiro atoms. The molecule has 0 aliphatic heterocycles. The van der Waals surface area contributed by atoms with Crippen molar-refractivity contribution in [1.82, 2.24) is 0 Å². The number of carbonyl (C=O) groups excluding carboxylic acids is 1. The Balaban J connectivity index is 3.20. The fraction of sp³-hybridized carbons (Fsp3) is 0.300. The summed E-state index contributed by atoms with van der Waals surface area (Å²) < 4.78 is 65.5. The first-order chi connectivity index (χ1) is 9.47. The Morgan fingerprint density at radius 1 is 1.29 bits per heavy atom. The Labute approximate surface area is 121 Å². The number of nitrogens with two attached hydrogens (primary N) is 1. The minimum Gasteiger partial charge on any atom is -0.468 e. The van der Waals surface area contributed by atoms with Crippen molar-refractivity contribution in [3.05, 3.63) is 24.0 Å². The third-order valence-corrected chi connectivity index (χ3v) is 4.99. The highest BCUT2D eigenvalue weighted by Gasteiger charge is 2.29. The summed E-state index contributed by atoms with van der Waals surface area (Å²) in [7, 11) is -7.43. The van der Waals surface area contributed by atoms with Crippen LogP contribution in [0.25, 0.3) is 0 Å². The van der Waals surface area contributed by atoms with Crippen LogP contribution in [0.4, 0.5) is 10.1 Å². The van der Waals surface area contributed by atoms with E-state index in [-0.39, 0.29) is 5.69 Å². The summed E-state index contributed by atoms with van der Waals surface area (Å²) in [6, 6.07) is 2.22. The van der Waals surface area contributed by atoms with Crippen LogP contribution in [0, 0.1) is 5.82 Å². The van der Waals surface area contributed by atoms with E-state index in [0.717, 1.165) is 26.2 Å². The van der Waals surface area contributed by atoms with Gasteiger partial charge in [0.1, 0.15) is 5.82 Å². The number of benzene rings is 1. The fourth-order valence-electron chi connectivity index (χ4n) is 1.33. The highest BCUT2D eigenvalue weighted by atomic mass is 32.2. The first-order valence-corrected chi connectivity index (χ1v) is 8.49. The number of methoxy groups -OCH3 is 1. The third-order valence-electron chi connectivity index (χ3n) is 2.46.